The number of fused-ring (bicyclic) bond motifs is 1. The quantitative estimate of drug-likeness (QED) is 0.730. The van der Waals surface area contributed by atoms with Gasteiger partial charge in [0.1, 0.15) is 5.00 Å². The molecule has 2 rings (SSSR count). The summed E-state index contributed by atoms with van der Waals surface area (Å²) in [6.45, 7) is 5.79. The highest BCUT2D eigenvalue weighted by atomic mass is 32.1. The third-order valence-electron chi connectivity index (χ3n) is 4.07. The van der Waals surface area contributed by atoms with E-state index in [9.17, 15) is 22.8 Å². The fourth-order valence-corrected chi connectivity index (χ4v) is 4.47. The van der Waals surface area contributed by atoms with Crippen LogP contribution in [0.4, 0.5) is 18.2 Å². The number of alkyl halides is 3. The Balaban J connectivity index is 2.50. The van der Waals surface area contributed by atoms with Crippen molar-refractivity contribution in [2.75, 3.05) is 11.9 Å². The molecular weight excluding hydrogens is 373 g/mol. The third-order valence-corrected chi connectivity index (χ3v) is 5.52. The van der Waals surface area contributed by atoms with E-state index in [0.717, 1.165) is 11.3 Å². The van der Waals surface area contributed by atoms with Crippen LogP contribution in [-0.4, -0.2) is 35.3 Å². The van der Waals surface area contributed by atoms with Gasteiger partial charge in [-0.3, -0.25) is 9.59 Å². The fraction of sp³-hybridized carbons (Fsp3) is 0.625. The van der Waals surface area contributed by atoms with Crippen LogP contribution >= 0.6 is 11.3 Å². The van der Waals surface area contributed by atoms with Gasteiger partial charge >= 0.3 is 6.18 Å². The molecule has 0 aromatic carbocycles. The van der Waals surface area contributed by atoms with Gasteiger partial charge in [0.2, 0.25) is 5.91 Å². The number of nitrogens with two attached hydrogens (primary N) is 1. The Kier molecular flexibility index (Phi) is 5.17. The highest BCUT2D eigenvalue weighted by molar-refractivity contribution is 7.17. The Morgan fingerprint density at radius 2 is 1.92 bits per heavy atom. The zero-order valence-corrected chi connectivity index (χ0v) is 15.6. The Bertz CT molecular complexity index is 741. The van der Waals surface area contributed by atoms with Gasteiger partial charge in [-0.1, -0.05) is 0 Å². The Hall–Kier alpha value is -1.65. The molecule has 0 fully saturated rings. The van der Waals surface area contributed by atoms with E-state index in [1.165, 1.54) is 0 Å². The number of hydrogen-bond donors (Lipinski definition) is 3. The number of rotatable bonds is 4. The van der Waals surface area contributed by atoms with E-state index >= 15 is 0 Å². The summed E-state index contributed by atoms with van der Waals surface area (Å²) in [7, 11) is 0. The van der Waals surface area contributed by atoms with Crippen LogP contribution in [0.25, 0.3) is 0 Å². The van der Waals surface area contributed by atoms with Crippen molar-refractivity contribution in [3.63, 3.8) is 0 Å². The molecule has 146 valence electrons. The molecule has 0 radical (unpaired) electrons. The zero-order chi connectivity index (χ0) is 20.1. The van der Waals surface area contributed by atoms with Gasteiger partial charge in [-0.2, -0.15) is 13.2 Å². The first-order valence-corrected chi connectivity index (χ1v) is 8.66. The van der Waals surface area contributed by atoms with Crippen molar-refractivity contribution in [3.8, 4) is 0 Å². The van der Waals surface area contributed by atoms with Gasteiger partial charge < -0.3 is 20.9 Å². The van der Waals surface area contributed by atoms with Gasteiger partial charge in [-0.05, 0) is 33.3 Å². The van der Waals surface area contributed by atoms with E-state index in [1.54, 1.807) is 13.8 Å². The maximum atomic E-state index is 12.9. The van der Waals surface area contributed by atoms with Crippen LogP contribution in [-0.2, 0) is 21.6 Å². The number of nitrogens with one attached hydrogen (secondary N) is 1. The minimum Gasteiger partial charge on any atom is -0.395 e. The second kappa shape index (κ2) is 6.50. The molecule has 1 atom stereocenters. The number of aliphatic hydroxyl groups is 1. The first kappa shape index (κ1) is 20.7. The second-order valence-electron chi connectivity index (χ2n) is 7.29. The number of halogens is 3. The average Bonchev–Trinajstić information content (AvgIpc) is 2.74. The highest BCUT2D eigenvalue weighted by Gasteiger charge is 2.46. The first-order valence-electron chi connectivity index (χ1n) is 7.84. The van der Waals surface area contributed by atoms with Crippen LogP contribution in [0.1, 0.15) is 48.5 Å². The smallest absolute Gasteiger partial charge is 0.395 e. The van der Waals surface area contributed by atoms with Gasteiger partial charge in [0.05, 0.1) is 23.4 Å². The molecule has 1 aliphatic rings. The van der Waals surface area contributed by atoms with Crippen molar-refractivity contribution in [2.24, 2.45) is 11.7 Å². The summed E-state index contributed by atoms with van der Waals surface area (Å²) in [6, 6.07) is 0. The molecule has 0 bridgehead atoms. The van der Waals surface area contributed by atoms with Crippen molar-refractivity contribution in [1.82, 2.24) is 0 Å². The van der Waals surface area contributed by atoms with E-state index < -0.39 is 41.7 Å². The summed E-state index contributed by atoms with van der Waals surface area (Å²) in [5, 5.41) is 11.0. The van der Waals surface area contributed by atoms with Crippen molar-refractivity contribution >= 4 is 28.2 Å². The number of aliphatic hydroxyl groups excluding tert-OH is 1. The Labute approximate surface area is 152 Å². The SMILES string of the molecule is CC1(C)Cc2c(sc(NC(=O)C(CO)C(F)(F)F)c2C(N)=O)C(C)(C)O1. The lowest BCUT2D eigenvalue weighted by Gasteiger charge is -2.41. The predicted molar refractivity (Wildman–Crippen MR) is 90.0 cm³/mol. The van der Waals surface area contributed by atoms with E-state index in [0.29, 0.717) is 16.9 Å². The maximum Gasteiger partial charge on any atom is 0.402 e. The summed E-state index contributed by atoms with van der Waals surface area (Å²) in [6.07, 6.45) is -4.59. The zero-order valence-electron chi connectivity index (χ0n) is 14.8. The number of thiophene rings is 1. The van der Waals surface area contributed by atoms with Crippen molar-refractivity contribution in [3.05, 3.63) is 16.0 Å². The first-order chi connectivity index (χ1) is 11.7. The van der Waals surface area contributed by atoms with Gasteiger partial charge in [-0.15, -0.1) is 11.3 Å². The molecule has 1 unspecified atom stereocenters. The molecule has 1 aliphatic heterocycles. The topological polar surface area (TPSA) is 102 Å². The van der Waals surface area contributed by atoms with Crippen molar-refractivity contribution in [2.45, 2.75) is 51.5 Å². The third kappa shape index (κ3) is 3.86. The van der Waals surface area contributed by atoms with Crippen LogP contribution in [0.5, 0.6) is 0 Å². The summed E-state index contributed by atoms with van der Waals surface area (Å²) >= 11 is 0.958. The molecule has 0 saturated heterocycles. The lowest BCUT2D eigenvalue weighted by Crippen LogP contribution is -2.42. The van der Waals surface area contributed by atoms with Crippen LogP contribution in [0.2, 0.25) is 0 Å². The number of ether oxygens (including phenoxy) is 1. The number of primary amides is 1. The molecule has 1 aromatic rings. The van der Waals surface area contributed by atoms with Crippen LogP contribution < -0.4 is 11.1 Å². The predicted octanol–water partition coefficient (Wildman–Crippen LogP) is 2.54. The average molecular weight is 394 g/mol. The number of carbonyl (C=O) groups excluding carboxylic acids is 2. The normalized spacial score (nSPS) is 19.5. The molecule has 26 heavy (non-hydrogen) atoms. The Morgan fingerprint density at radius 3 is 2.38 bits per heavy atom. The molecule has 2 heterocycles. The van der Waals surface area contributed by atoms with Gasteiger partial charge in [-0.25, -0.2) is 0 Å². The molecule has 1 aromatic heterocycles. The lowest BCUT2D eigenvalue weighted by atomic mass is 9.86. The van der Waals surface area contributed by atoms with Gasteiger partial charge in [0, 0.05) is 11.3 Å². The largest absolute Gasteiger partial charge is 0.402 e. The Morgan fingerprint density at radius 1 is 1.35 bits per heavy atom. The molecule has 4 N–H and O–H groups in total. The molecule has 10 heteroatoms. The minimum atomic E-state index is -4.91. The van der Waals surface area contributed by atoms with Crippen molar-refractivity contribution in [1.29, 1.82) is 0 Å². The fourth-order valence-electron chi connectivity index (χ4n) is 3.20. The van der Waals surface area contributed by atoms with E-state index in [1.807, 2.05) is 13.8 Å². The van der Waals surface area contributed by atoms with Crippen LogP contribution in [0.15, 0.2) is 0 Å². The van der Waals surface area contributed by atoms with Gasteiger partial charge in [0.15, 0.2) is 5.92 Å². The van der Waals surface area contributed by atoms with Crippen molar-refractivity contribution < 1.29 is 32.6 Å². The van der Waals surface area contributed by atoms with Crippen LogP contribution in [0, 0.1) is 5.92 Å². The van der Waals surface area contributed by atoms with E-state index in [4.69, 9.17) is 15.6 Å². The molecule has 0 spiro atoms. The monoisotopic (exact) mass is 394 g/mol. The number of anilines is 1. The van der Waals surface area contributed by atoms with E-state index in [-0.39, 0.29) is 10.6 Å². The molecule has 6 nitrogen and oxygen atoms in total. The van der Waals surface area contributed by atoms with Crippen LogP contribution in [0.3, 0.4) is 0 Å². The summed E-state index contributed by atoms with van der Waals surface area (Å²) in [5.74, 6) is -4.89. The minimum absolute atomic E-state index is 0.0123. The molecule has 2 amide bonds. The van der Waals surface area contributed by atoms with Gasteiger partial charge in [0.25, 0.3) is 5.91 Å². The summed E-state index contributed by atoms with van der Waals surface area (Å²) in [4.78, 5) is 24.6. The summed E-state index contributed by atoms with van der Waals surface area (Å²) < 4.78 is 44.6. The molecule has 0 saturated carbocycles. The second-order valence-corrected chi connectivity index (χ2v) is 8.31. The number of hydrogen-bond acceptors (Lipinski definition) is 5. The lowest BCUT2D eigenvalue weighted by molar-refractivity contribution is -0.186. The maximum absolute atomic E-state index is 12.9. The standard InChI is InChI=1S/C16H21F3N2O4S/c1-14(2)5-7-9(11(20)23)13(26-10(7)15(3,4)25-14)21-12(24)8(6-22)16(17,18)19/h8,22H,5-6H2,1-4H3,(H2,20,23)(H,21,24). The molecule has 0 aliphatic carbocycles. The summed E-state index contributed by atoms with van der Waals surface area (Å²) in [5.41, 5.74) is 4.55. The number of amides is 2. The molecular formula is C16H21F3N2O4S. The number of carbonyl (C=O) groups is 2. The van der Waals surface area contributed by atoms with E-state index in [2.05, 4.69) is 5.32 Å². The highest BCUT2D eigenvalue weighted by Crippen LogP contribution is 2.48.